The summed E-state index contributed by atoms with van der Waals surface area (Å²) < 4.78 is 49.0. The average molecular weight is 366 g/mol. The van der Waals surface area contributed by atoms with E-state index < -0.39 is 22.9 Å². The van der Waals surface area contributed by atoms with Crippen LogP contribution < -0.4 is 10.2 Å². The van der Waals surface area contributed by atoms with Crippen LogP contribution in [0.25, 0.3) is 0 Å². The molecule has 140 valence electrons. The zero-order chi connectivity index (χ0) is 19.6. The first-order valence-electron chi connectivity index (χ1n) is 8.19. The summed E-state index contributed by atoms with van der Waals surface area (Å²) in [5, 5.41) is 10.1. The molecule has 0 radical (unpaired) electrons. The molecule has 0 amide bonds. The molecule has 0 aliphatic heterocycles. The predicted molar refractivity (Wildman–Crippen MR) is 96.2 cm³/mol. The lowest BCUT2D eigenvalue weighted by molar-refractivity contribution is -0.137. The summed E-state index contributed by atoms with van der Waals surface area (Å²) in [5.74, 6) is 0.834. The molecule has 0 unspecified atom stereocenters. The molecule has 3 nitrogen and oxygen atoms in total. The van der Waals surface area contributed by atoms with Crippen LogP contribution in [-0.2, 0) is 10.8 Å². The number of alkyl halides is 3. The van der Waals surface area contributed by atoms with Gasteiger partial charge in [0.25, 0.3) is 0 Å². The van der Waals surface area contributed by atoms with Gasteiger partial charge in [0.05, 0.1) is 16.8 Å². The Kier molecular flexibility index (Phi) is 5.73. The van der Waals surface area contributed by atoms with E-state index in [4.69, 9.17) is 9.39 Å². The fourth-order valence-corrected chi connectivity index (χ4v) is 1.94. The van der Waals surface area contributed by atoms with Gasteiger partial charge < -0.3 is 14.5 Å². The Labute approximate surface area is 152 Å². The normalized spacial score (nSPS) is 12.8. The van der Waals surface area contributed by atoms with E-state index in [9.17, 15) is 18.3 Å². The number of hydrogen-bond acceptors (Lipinski definition) is 3. The largest absolute Gasteiger partial charge is 0.457 e. The van der Waals surface area contributed by atoms with Crippen molar-refractivity contribution in [2.75, 3.05) is 0 Å². The number of ether oxygens (including phenoxy) is 1. The van der Waals surface area contributed by atoms with Crippen LogP contribution in [0.15, 0.2) is 48.5 Å². The Bertz CT molecular complexity index is 718. The van der Waals surface area contributed by atoms with Gasteiger partial charge in [-0.2, -0.15) is 13.2 Å². The lowest BCUT2D eigenvalue weighted by Crippen LogP contribution is -2.49. The third kappa shape index (κ3) is 5.25. The highest BCUT2D eigenvalue weighted by molar-refractivity contribution is 6.47. The summed E-state index contributed by atoms with van der Waals surface area (Å²) >= 11 is 0. The summed E-state index contributed by atoms with van der Waals surface area (Å²) in [6.07, 6.45) is -4.36. The maximum absolute atomic E-state index is 12.6. The highest BCUT2D eigenvalue weighted by atomic mass is 19.4. The third-order valence-corrected chi connectivity index (χ3v) is 4.41. The van der Waals surface area contributed by atoms with E-state index in [-0.39, 0.29) is 0 Å². The Balaban J connectivity index is 1.97. The molecule has 0 saturated carbocycles. The lowest BCUT2D eigenvalue weighted by Gasteiger charge is -2.37. The molecular weight excluding hydrogens is 344 g/mol. The second kappa shape index (κ2) is 7.33. The second-order valence-corrected chi connectivity index (χ2v) is 7.13. The van der Waals surface area contributed by atoms with Crippen LogP contribution in [0.2, 0.25) is 0 Å². The van der Waals surface area contributed by atoms with Gasteiger partial charge in [-0.15, -0.1) is 0 Å². The summed E-state index contributed by atoms with van der Waals surface area (Å²) in [6.45, 7) is 7.01. The topological polar surface area (TPSA) is 38.7 Å². The van der Waals surface area contributed by atoms with E-state index >= 15 is 0 Å². The maximum atomic E-state index is 12.6. The molecule has 0 aliphatic carbocycles. The second-order valence-electron chi connectivity index (χ2n) is 7.13. The fourth-order valence-electron chi connectivity index (χ4n) is 1.94. The van der Waals surface area contributed by atoms with Crippen molar-refractivity contribution in [3.63, 3.8) is 0 Å². The molecule has 0 aliphatic rings. The molecular formula is C19H22BF3O3. The van der Waals surface area contributed by atoms with Crippen molar-refractivity contribution in [2.45, 2.75) is 45.1 Å². The first kappa shape index (κ1) is 20.3. The molecule has 1 N–H and O–H groups in total. The molecule has 7 heteroatoms. The fraction of sp³-hybridized carbons (Fsp3) is 0.368. The quantitative estimate of drug-likeness (QED) is 0.785. The van der Waals surface area contributed by atoms with Crippen LogP contribution in [0.5, 0.6) is 11.5 Å². The van der Waals surface area contributed by atoms with Crippen molar-refractivity contribution in [3.05, 3.63) is 54.1 Å². The summed E-state index contributed by atoms with van der Waals surface area (Å²) in [5.41, 5.74) is -1.53. The number of hydrogen-bond donors (Lipinski definition) is 1. The number of rotatable bonds is 6. The van der Waals surface area contributed by atoms with Gasteiger partial charge >= 0.3 is 13.7 Å². The minimum Gasteiger partial charge on any atom is -0.457 e. The van der Waals surface area contributed by atoms with Gasteiger partial charge in [-0.1, -0.05) is 17.6 Å². The van der Waals surface area contributed by atoms with Gasteiger partial charge in [-0.3, -0.25) is 0 Å². The van der Waals surface area contributed by atoms with Gasteiger partial charge in [0.2, 0.25) is 0 Å². The van der Waals surface area contributed by atoms with Crippen LogP contribution in [0.1, 0.15) is 33.3 Å². The minimum atomic E-state index is -4.36. The average Bonchev–Trinajstić information content (AvgIpc) is 2.53. The standard InChI is InChI=1S/C19H22BF3O3/c1-17(2,24)18(3,4)26-20-14-7-11-16(12-8-14)25-15-9-5-13(6-10-15)19(21,22)23/h5-12,20,24H,1-4H3. The molecule has 0 atom stereocenters. The molecule has 0 aromatic heterocycles. The minimum absolute atomic E-state index is 0.317. The van der Waals surface area contributed by atoms with Gasteiger partial charge in [0.15, 0.2) is 0 Å². The van der Waals surface area contributed by atoms with Crippen molar-refractivity contribution < 1.29 is 27.7 Å². The summed E-state index contributed by atoms with van der Waals surface area (Å²) in [4.78, 5) is 0. The summed E-state index contributed by atoms with van der Waals surface area (Å²) in [6, 6.07) is 11.6. The zero-order valence-electron chi connectivity index (χ0n) is 15.2. The van der Waals surface area contributed by atoms with Crippen molar-refractivity contribution >= 4 is 12.9 Å². The number of aliphatic hydroxyl groups is 1. The van der Waals surface area contributed by atoms with Gasteiger partial charge in [0.1, 0.15) is 11.5 Å². The summed E-state index contributed by atoms with van der Waals surface area (Å²) in [7, 11) is 0.317. The molecule has 0 heterocycles. The molecule has 0 saturated heterocycles. The van der Waals surface area contributed by atoms with Crippen molar-refractivity contribution in [1.82, 2.24) is 0 Å². The SMILES string of the molecule is CC(C)(O)C(C)(C)OBc1ccc(Oc2ccc(C(F)(F)F)cc2)cc1. The Hall–Kier alpha value is -1.99. The highest BCUT2D eigenvalue weighted by Crippen LogP contribution is 2.31. The lowest BCUT2D eigenvalue weighted by atomic mass is 9.82. The first-order chi connectivity index (χ1) is 11.9. The van der Waals surface area contributed by atoms with Gasteiger partial charge in [-0.25, -0.2) is 0 Å². The number of benzene rings is 2. The van der Waals surface area contributed by atoms with Crippen LogP contribution in [0.4, 0.5) is 13.2 Å². The van der Waals surface area contributed by atoms with E-state index in [1.807, 2.05) is 13.8 Å². The molecule has 0 spiro atoms. The maximum Gasteiger partial charge on any atom is 0.416 e. The molecule has 26 heavy (non-hydrogen) atoms. The van der Waals surface area contributed by atoms with E-state index in [1.54, 1.807) is 38.1 Å². The van der Waals surface area contributed by atoms with Crippen molar-refractivity contribution in [2.24, 2.45) is 0 Å². The molecule has 0 fully saturated rings. The zero-order valence-corrected chi connectivity index (χ0v) is 15.2. The van der Waals surface area contributed by atoms with Crippen molar-refractivity contribution in [1.29, 1.82) is 0 Å². The molecule has 0 bridgehead atoms. The molecule has 2 aromatic rings. The molecule has 2 aromatic carbocycles. The highest BCUT2D eigenvalue weighted by Gasteiger charge is 2.35. The van der Waals surface area contributed by atoms with E-state index in [0.717, 1.165) is 17.6 Å². The Morgan fingerprint density at radius 3 is 1.69 bits per heavy atom. The predicted octanol–water partition coefficient (Wildman–Crippen LogP) is 4.04. The van der Waals surface area contributed by atoms with Gasteiger partial charge in [0, 0.05) is 0 Å². The Morgan fingerprint density at radius 2 is 1.27 bits per heavy atom. The van der Waals surface area contributed by atoms with E-state index in [0.29, 0.717) is 19.0 Å². The van der Waals surface area contributed by atoms with Crippen LogP contribution >= 0.6 is 0 Å². The van der Waals surface area contributed by atoms with Crippen LogP contribution in [0.3, 0.4) is 0 Å². The van der Waals surface area contributed by atoms with E-state index in [1.165, 1.54) is 12.1 Å². The van der Waals surface area contributed by atoms with E-state index in [2.05, 4.69) is 0 Å². The number of halogens is 3. The van der Waals surface area contributed by atoms with Crippen LogP contribution in [-0.4, -0.2) is 23.8 Å². The molecule has 2 rings (SSSR count). The van der Waals surface area contributed by atoms with Crippen molar-refractivity contribution in [3.8, 4) is 11.5 Å². The van der Waals surface area contributed by atoms with Gasteiger partial charge in [-0.05, 0) is 64.1 Å². The van der Waals surface area contributed by atoms with Crippen LogP contribution in [0, 0.1) is 0 Å². The monoisotopic (exact) mass is 366 g/mol. The third-order valence-electron chi connectivity index (χ3n) is 4.41. The Morgan fingerprint density at radius 1 is 0.808 bits per heavy atom. The first-order valence-corrected chi connectivity index (χ1v) is 8.19. The smallest absolute Gasteiger partial charge is 0.416 e.